The first-order chi connectivity index (χ1) is 17.0. The van der Waals surface area contributed by atoms with Crippen molar-refractivity contribution in [3.8, 4) is 11.5 Å². The van der Waals surface area contributed by atoms with Crippen molar-refractivity contribution < 1.29 is 4.79 Å². The molecule has 0 aliphatic rings. The molecule has 5 rings (SSSR count). The minimum Gasteiger partial charge on any atom is -0.310 e. The Hall–Kier alpha value is -3.98. The molecule has 0 unspecified atom stereocenters. The Morgan fingerprint density at radius 1 is 1.00 bits per heavy atom. The van der Waals surface area contributed by atoms with Gasteiger partial charge in [-0.05, 0) is 38.0 Å². The zero-order valence-corrected chi connectivity index (χ0v) is 20.6. The minimum atomic E-state index is -0.0941. The lowest BCUT2D eigenvalue weighted by Gasteiger charge is -2.10. The summed E-state index contributed by atoms with van der Waals surface area (Å²) in [5.74, 6) is 2.14. The molecule has 3 heterocycles. The highest BCUT2D eigenvalue weighted by molar-refractivity contribution is 7.99. The van der Waals surface area contributed by atoms with E-state index in [2.05, 4.69) is 63.6 Å². The molecule has 176 valence electrons. The van der Waals surface area contributed by atoms with Crippen molar-refractivity contribution in [3.05, 3.63) is 89.5 Å². The van der Waals surface area contributed by atoms with Crippen LogP contribution < -0.4 is 5.32 Å². The summed E-state index contributed by atoms with van der Waals surface area (Å²) in [5, 5.41) is 12.9. The highest BCUT2D eigenvalue weighted by atomic mass is 32.2. The number of aromatic nitrogens is 6. The molecule has 0 atom stereocenters. The molecule has 0 spiro atoms. The molecule has 0 bridgehead atoms. The van der Waals surface area contributed by atoms with Crippen LogP contribution in [0.15, 0.2) is 67.1 Å². The number of hydrogen-bond acceptors (Lipinski definition) is 6. The van der Waals surface area contributed by atoms with Crippen molar-refractivity contribution in [1.82, 2.24) is 29.5 Å². The first-order valence-corrected chi connectivity index (χ1v) is 12.4. The maximum Gasteiger partial charge on any atom is 0.235 e. The van der Waals surface area contributed by atoms with E-state index in [4.69, 9.17) is 0 Å². The summed E-state index contributed by atoms with van der Waals surface area (Å²) in [7, 11) is 0. The van der Waals surface area contributed by atoms with Crippen LogP contribution in [0, 0.1) is 20.8 Å². The van der Waals surface area contributed by atoms with E-state index in [9.17, 15) is 4.79 Å². The second-order valence-corrected chi connectivity index (χ2v) is 9.38. The molecular formula is C26H25N7OS. The average Bonchev–Trinajstić information content (AvgIpc) is 3.43. The number of rotatable bonds is 7. The number of benzene rings is 2. The van der Waals surface area contributed by atoms with Crippen molar-refractivity contribution >= 4 is 34.5 Å². The molecule has 3 aromatic heterocycles. The number of amides is 1. The lowest BCUT2D eigenvalue weighted by atomic mass is 10.1. The van der Waals surface area contributed by atoms with Crippen molar-refractivity contribution in [1.29, 1.82) is 0 Å². The largest absolute Gasteiger partial charge is 0.310 e. The van der Waals surface area contributed by atoms with Gasteiger partial charge in [-0.15, -0.1) is 11.8 Å². The Bertz CT molecular complexity index is 1510. The Kier molecular flexibility index (Phi) is 6.33. The van der Waals surface area contributed by atoms with Gasteiger partial charge in [-0.1, -0.05) is 48.0 Å². The summed E-state index contributed by atoms with van der Waals surface area (Å²) in [5.41, 5.74) is 5.88. The quantitative estimate of drug-likeness (QED) is 0.358. The maximum absolute atomic E-state index is 12.7. The summed E-state index contributed by atoms with van der Waals surface area (Å²) in [6.07, 6.45) is 3.24. The van der Waals surface area contributed by atoms with E-state index in [1.54, 1.807) is 22.6 Å². The van der Waals surface area contributed by atoms with Gasteiger partial charge in [0.05, 0.1) is 28.7 Å². The van der Waals surface area contributed by atoms with Crippen LogP contribution in [0.5, 0.6) is 0 Å². The second kappa shape index (κ2) is 9.71. The van der Waals surface area contributed by atoms with Crippen molar-refractivity contribution in [2.24, 2.45) is 0 Å². The second-order valence-electron chi connectivity index (χ2n) is 8.39. The normalized spacial score (nSPS) is 11.2. The van der Waals surface area contributed by atoms with Crippen LogP contribution in [0.4, 0.5) is 5.82 Å². The predicted molar refractivity (Wildman–Crippen MR) is 139 cm³/mol. The van der Waals surface area contributed by atoms with Crippen molar-refractivity contribution in [2.45, 2.75) is 26.5 Å². The number of anilines is 1. The first-order valence-electron chi connectivity index (χ1n) is 11.2. The Balaban J connectivity index is 1.41. The van der Waals surface area contributed by atoms with E-state index in [1.807, 2.05) is 41.9 Å². The van der Waals surface area contributed by atoms with E-state index in [1.165, 1.54) is 17.5 Å². The van der Waals surface area contributed by atoms with Gasteiger partial charge in [-0.2, -0.15) is 14.9 Å². The molecule has 1 amide bonds. The van der Waals surface area contributed by atoms with Gasteiger partial charge in [0.15, 0.2) is 11.5 Å². The van der Waals surface area contributed by atoms with E-state index in [0.29, 0.717) is 23.0 Å². The number of aryl methyl sites for hydroxylation is 3. The standard InChI is InChI=1S/C26H25N7OS/c1-17-9-10-22(18(2)11-17)32-25-21(13-29-32)26(28-16-27-25)33-23(12-19(3)31-33)30-24(34)15-35-14-20-7-5-4-6-8-20/h4-13,16H,14-15H2,1-3H3,(H,30,34). The number of thioether (sulfide) groups is 1. The molecule has 9 heteroatoms. The first kappa shape index (κ1) is 22.8. The van der Waals surface area contributed by atoms with Crippen LogP contribution in [0.3, 0.4) is 0 Å². The Labute approximate surface area is 207 Å². The van der Waals surface area contributed by atoms with Crippen molar-refractivity contribution in [2.75, 3.05) is 11.1 Å². The Morgan fingerprint density at radius 2 is 1.83 bits per heavy atom. The van der Waals surface area contributed by atoms with Crippen LogP contribution >= 0.6 is 11.8 Å². The summed E-state index contributed by atoms with van der Waals surface area (Å²) < 4.78 is 3.46. The predicted octanol–water partition coefficient (Wildman–Crippen LogP) is 4.80. The van der Waals surface area contributed by atoms with Gasteiger partial charge in [0.25, 0.3) is 0 Å². The molecule has 1 N–H and O–H groups in total. The molecule has 35 heavy (non-hydrogen) atoms. The Morgan fingerprint density at radius 3 is 2.63 bits per heavy atom. The summed E-state index contributed by atoms with van der Waals surface area (Å²) in [6.45, 7) is 6.00. The summed E-state index contributed by atoms with van der Waals surface area (Å²) in [4.78, 5) is 21.7. The average molecular weight is 484 g/mol. The van der Waals surface area contributed by atoms with Crippen LogP contribution in [0.1, 0.15) is 22.4 Å². The molecule has 0 aliphatic heterocycles. The van der Waals surface area contributed by atoms with Gasteiger partial charge in [0.2, 0.25) is 5.91 Å². The van der Waals surface area contributed by atoms with Crippen LogP contribution in [0.25, 0.3) is 22.5 Å². The zero-order chi connectivity index (χ0) is 24.4. The number of fused-ring (bicyclic) bond motifs is 1. The number of carbonyl (C=O) groups excluding carboxylic acids is 1. The van der Waals surface area contributed by atoms with Gasteiger partial charge in [-0.25, -0.2) is 14.6 Å². The van der Waals surface area contributed by atoms with E-state index in [-0.39, 0.29) is 5.91 Å². The fraction of sp³-hybridized carbons (Fsp3) is 0.192. The topological polar surface area (TPSA) is 90.5 Å². The van der Waals surface area contributed by atoms with Gasteiger partial charge >= 0.3 is 0 Å². The molecule has 0 aliphatic carbocycles. The monoisotopic (exact) mass is 483 g/mol. The van der Waals surface area contributed by atoms with Gasteiger partial charge in [-0.3, -0.25) is 4.79 Å². The molecule has 0 fully saturated rings. The summed E-state index contributed by atoms with van der Waals surface area (Å²) in [6, 6.07) is 18.1. The molecule has 0 saturated heterocycles. The SMILES string of the molecule is Cc1ccc(-n2ncc3c(-n4nc(C)cc4NC(=O)CSCc4ccccc4)ncnc32)c(C)c1. The molecule has 2 aromatic carbocycles. The molecule has 8 nitrogen and oxygen atoms in total. The van der Waals surface area contributed by atoms with Gasteiger partial charge in [0.1, 0.15) is 12.1 Å². The smallest absolute Gasteiger partial charge is 0.235 e. The van der Waals surface area contributed by atoms with E-state index in [0.717, 1.165) is 28.1 Å². The number of nitrogens with zero attached hydrogens (tertiary/aromatic N) is 6. The highest BCUT2D eigenvalue weighted by Crippen LogP contribution is 2.25. The number of nitrogens with one attached hydrogen (secondary N) is 1. The number of hydrogen-bond donors (Lipinski definition) is 1. The zero-order valence-electron chi connectivity index (χ0n) is 19.8. The molecule has 5 aromatic rings. The van der Waals surface area contributed by atoms with Crippen LogP contribution in [-0.4, -0.2) is 41.2 Å². The molecule has 0 radical (unpaired) electrons. The minimum absolute atomic E-state index is 0.0941. The van der Waals surface area contributed by atoms with Gasteiger partial charge < -0.3 is 5.32 Å². The van der Waals surface area contributed by atoms with Crippen molar-refractivity contribution in [3.63, 3.8) is 0 Å². The van der Waals surface area contributed by atoms with Crippen LogP contribution in [-0.2, 0) is 10.5 Å². The molecule has 0 saturated carbocycles. The van der Waals surface area contributed by atoms with E-state index >= 15 is 0 Å². The van der Waals surface area contributed by atoms with Gasteiger partial charge in [0, 0.05) is 11.8 Å². The highest BCUT2D eigenvalue weighted by Gasteiger charge is 2.18. The summed E-state index contributed by atoms with van der Waals surface area (Å²) >= 11 is 1.57. The third-order valence-corrected chi connectivity index (χ3v) is 6.57. The number of carbonyl (C=O) groups is 1. The third-order valence-electron chi connectivity index (χ3n) is 5.57. The fourth-order valence-electron chi connectivity index (χ4n) is 3.98. The maximum atomic E-state index is 12.7. The van der Waals surface area contributed by atoms with Crippen LogP contribution in [0.2, 0.25) is 0 Å². The third kappa shape index (κ3) is 4.81. The lowest BCUT2D eigenvalue weighted by molar-refractivity contribution is -0.113. The molecular weight excluding hydrogens is 458 g/mol. The lowest BCUT2D eigenvalue weighted by Crippen LogP contribution is -2.17. The van der Waals surface area contributed by atoms with E-state index < -0.39 is 0 Å². The fourth-order valence-corrected chi connectivity index (χ4v) is 4.77.